The van der Waals surface area contributed by atoms with Crippen LogP contribution in [0.4, 0.5) is 0 Å². The maximum atomic E-state index is 13.3. The number of fused-ring (bicyclic) bond motifs is 2. The van der Waals surface area contributed by atoms with E-state index in [4.69, 9.17) is 18.9 Å². The number of nitrogens with zero attached hydrogens (tertiary/aromatic N) is 1. The molecule has 2 fully saturated rings. The van der Waals surface area contributed by atoms with Crippen molar-refractivity contribution in [3.8, 4) is 11.5 Å². The number of quaternary nitrogens is 1. The topological polar surface area (TPSA) is 54.0 Å². The van der Waals surface area contributed by atoms with Crippen LogP contribution in [0, 0.1) is 0 Å². The first-order chi connectivity index (χ1) is 14.6. The standard InChI is InChI=1S/C24H28NO5/c1-25(16-22-27-14-15-28-22)12-10-17(11-13-25)29-24(26)23-18-6-2-4-8-20(18)30-21-9-5-3-7-19(21)23/h2-9,17,22-23H,10-16H2,1H3/q+1. The van der Waals surface area contributed by atoms with Gasteiger partial charge >= 0.3 is 5.97 Å². The van der Waals surface area contributed by atoms with Crippen LogP contribution in [0.3, 0.4) is 0 Å². The van der Waals surface area contributed by atoms with Gasteiger partial charge in [-0.05, 0) is 12.1 Å². The Labute approximate surface area is 176 Å². The zero-order valence-electron chi connectivity index (χ0n) is 17.3. The summed E-state index contributed by atoms with van der Waals surface area (Å²) >= 11 is 0. The lowest BCUT2D eigenvalue weighted by atomic mass is 9.88. The number of esters is 1. The Morgan fingerprint density at radius 1 is 0.967 bits per heavy atom. The van der Waals surface area contributed by atoms with E-state index in [2.05, 4.69) is 7.05 Å². The predicted molar refractivity (Wildman–Crippen MR) is 110 cm³/mol. The Bertz CT molecular complexity index is 870. The number of likely N-dealkylation sites (N-methyl/N-ethyl adjacent to an activating group) is 1. The average Bonchev–Trinajstić information content (AvgIpc) is 3.26. The van der Waals surface area contributed by atoms with Gasteiger partial charge in [-0.15, -0.1) is 0 Å². The number of piperidine rings is 1. The molecular formula is C24H28NO5+. The van der Waals surface area contributed by atoms with E-state index in [0.717, 1.165) is 59.6 Å². The summed E-state index contributed by atoms with van der Waals surface area (Å²) in [5, 5.41) is 0. The predicted octanol–water partition coefficient (Wildman–Crippen LogP) is 3.45. The Hall–Kier alpha value is -2.41. The Balaban J connectivity index is 1.27. The third-order valence-electron chi connectivity index (χ3n) is 6.46. The minimum absolute atomic E-state index is 0.0590. The van der Waals surface area contributed by atoms with Crippen molar-refractivity contribution >= 4 is 5.97 Å². The molecule has 2 saturated heterocycles. The first kappa shape index (κ1) is 19.5. The van der Waals surface area contributed by atoms with Gasteiger partial charge < -0.3 is 23.4 Å². The van der Waals surface area contributed by atoms with Crippen molar-refractivity contribution < 1.29 is 28.2 Å². The second kappa shape index (κ2) is 8.02. The minimum atomic E-state index is -0.450. The van der Waals surface area contributed by atoms with Crippen LogP contribution < -0.4 is 4.74 Å². The van der Waals surface area contributed by atoms with Gasteiger partial charge in [0.05, 0.1) is 33.4 Å². The zero-order valence-corrected chi connectivity index (χ0v) is 17.3. The molecule has 0 aromatic heterocycles. The second-order valence-electron chi connectivity index (χ2n) is 8.67. The molecule has 0 aliphatic carbocycles. The van der Waals surface area contributed by atoms with Gasteiger partial charge in [0.25, 0.3) is 0 Å². The summed E-state index contributed by atoms with van der Waals surface area (Å²) in [5.41, 5.74) is 1.74. The van der Waals surface area contributed by atoms with Crippen LogP contribution in [0.1, 0.15) is 29.9 Å². The van der Waals surface area contributed by atoms with Crippen LogP contribution in [0.5, 0.6) is 11.5 Å². The van der Waals surface area contributed by atoms with E-state index in [0.29, 0.717) is 13.2 Å². The fraction of sp³-hybridized carbons (Fsp3) is 0.458. The van der Waals surface area contributed by atoms with Gasteiger partial charge in [-0.3, -0.25) is 4.79 Å². The molecule has 0 unspecified atom stereocenters. The summed E-state index contributed by atoms with van der Waals surface area (Å²) in [5.74, 6) is 0.807. The highest BCUT2D eigenvalue weighted by atomic mass is 16.7. The van der Waals surface area contributed by atoms with Gasteiger partial charge in [0.2, 0.25) is 6.29 Å². The molecule has 3 heterocycles. The van der Waals surface area contributed by atoms with Crippen molar-refractivity contribution in [1.29, 1.82) is 0 Å². The number of likely N-dealkylation sites (tertiary alicyclic amines) is 1. The molecule has 0 bridgehead atoms. The summed E-state index contributed by atoms with van der Waals surface area (Å²) in [6.07, 6.45) is 1.53. The minimum Gasteiger partial charge on any atom is -0.461 e. The number of rotatable bonds is 4. The summed E-state index contributed by atoms with van der Waals surface area (Å²) in [6.45, 7) is 4.10. The third-order valence-corrected chi connectivity index (χ3v) is 6.46. The van der Waals surface area contributed by atoms with E-state index in [1.807, 2.05) is 48.5 Å². The van der Waals surface area contributed by atoms with Crippen molar-refractivity contribution in [2.45, 2.75) is 31.2 Å². The summed E-state index contributed by atoms with van der Waals surface area (Å²) in [7, 11) is 2.23. The number of para-hydroxylation sites is 2. The van der Waals surface area contributed by atoms with Crippen molar-refractivity contribution in [1.82, 2.24) is 0 Å². The van der Waals surface area contributed by atoms with E-state index in [-0.39, 0.29) is 18.4 Å². The van der Waals surface area contributed by atoms with Gasteiger partial charge in [0, 0.05) is 24.0 Å². The number of hydrogen-bond donors (Lipinski definition) is 0. The molecule has 0 amide bonds. The van der Waals surface area contributed by atoms with Gasteiger partial charge in [-0.25, -0.2) is 0 Å². The van der Waals surface area contributed by atoms with Crippen LogP contribution >= 0.6 is 0 Å². The highest BCUT2D eigenvalue weighted by molar-refractivity contribution is 5.85. The van der Waals surface area contributed by atoms with E-state index < -0.39 is 5.92 Å². The molecule has 158 valence electrons. The Morgan fingerprint density at radius 2 is 1.53 bits per heavy atom. The molecule has 0 atom stereocenters. The maximum Gasteiger partial charge on any atom is 0.318 e. The van der Waals surface area contributed by atoms with Gasteiger partial charge in [0.15, 0.2) is 0 Å². The number of ether oxygens (including phenoxy) is 4. The molecule has 5 rings (SSSR count). The van der Waals surface area contributed by atoms with Gasteiger partial charge in [0.1, 0.15) is 30.1 Å². The Morgan fingerprint density at radius 3 is 2.13 bits per heavy atom. The van der Waals surface area contributed by atoms with E-state index >= 15 is 0 Å². The molecule has 6 nitrogen and oxygen atoms in total. The lowest BCUT2D eigenvalue weighted by molar-refractivity contribution is -0.920. The lowest BCUT2D eigenvalue weighted by Gasteiger charge is -2.41. The highest BCUT2D eigenvalue weighted by Gasteiger charge is 2.38. The molecule has 0 spiro atoms. The van der Waals surface area contributed by atoms with Crippen LogP contribution in [-0.4, -0.2) is 62.7 Å². The molecule has 3 aliphatic rings. The SMILES string of the molecule is C[N+]1(CC2OCCO2)CCC(OC(=O)C2c3ccccc3Oc3ccccc32)CC1. The molecule has 2 aromatic carbocycles. The molecule has 30 heavy (non-hydrogen) atoms. The van der Waals surface area contributed by atoms with Crippen molar-refractivity contribution in [2.75, 3.05) is 39.9 Å². The zero-order chi connectivity index (χ0) is 20.6. The van der Waals surface area contributed by atoms with Gasteiger partial charge in [-0.2, -0.15) is 0 Å². The van der Waals surface area contributed by atoms with Crippen molar-refractivity contribution in [3.05, 3.63) is 59.7 Å². The normalized spacial score (nSPS) is 26.5. The average molecular weight is 410 g/mol. The number of carbonyl (C=O) groups excluding carboxylic acids is 1. The lowest BCUT2D eigenvalue weighted by Crippen LogP contribution is -2.55. The molecule has 2 aromatic rings. The fourth-order valence-electron chi connectivity index (χ4n) is 4.74. The first-order valence-electron chi connectivity index (χ1n) is 10.7. The largest absolute Gasteiger partial charge is 0.461 e. The maximum absolute atomic E-state index is 13.3. The summed E-state index contributed by atoms with van der Waals surface area (Å²) < 4.78 is 24.2. The van der Waals surface area contributed by atoms with Crippen LogP contribution in [0.2, 0.25) is 0 Å². The van der Waals surface area contributed by atoms with Crippen LogP contribution in [0.25, 0.3) is 0 Å². The van der Waals surface area contributed by atoms with Crippen molar-refractivity contribution in [2.24, 2.45) is 0 Å². The molecule has 6 heteroatoms. The number of hydrogen-bond acceptors (Lipinski definition) is 5. The van der Waals surface area contributed by atoms with Crippen LogP contribution in [-0.2, 0) is 19.0 Å². The smallest absolute Gasteiger partial charge is 0.318 e. The fourth-order valence-corrected chi connectivity index (χ4v) is 4.74. The third kappa shape index (κ3) is 3.83. The Kier molecular flexibility index (Phi) is 5.23. The molecular weight excluding hydrogens is 382 g/mol. The summed E-state index contributed by atoms with van der Waals surface area (Å²) in [4.78, 5) is 13.3. The van der Waals surface area contributed by atoms with Crippen LogP contribution in [0.15, 0.2) is 48.5 Å². The monoisotopic (exact) mass is 410 g/mol. The van der Waals surface area contributed by atoms with E-state index in [1.54, 1.807) is 0 Å². The second-order valence-corrected chi connectivity index (χ2v) is 8.67. The highest BCUT2D eigenvalue weighted by Crippen LogP contribution is 2.44. The summed E-state index contributed by atoms with van der Waals surface area (Å²) in [6, 6.07) is 15.4. The number of carbonyl (C=O) groups is 1. The first-order valence-corrected chi connectivity index (χ1v) is 10.7. The van der Waals surface area contributed by atoms with Gasteiger partial charge in [-0.1, -0.05) is 36.4 Å². The molecule has 3 aliphatic heterocycles. The van der Waals surface area contributed by atoms with E-state index in [1.165, 1.54) is 0 Å². The molecule has 0 N–H and O–H groups in total. The van der Waals surface area contributed by atoms with Crippen molar-refractivity contribution in [3.63, 3.8) is 0 Å². The number of benzene rings is 2. The molecule has 0 radical (unpaired) electrons. The molecule has 0 saturated carbocycles. The van der Waals surface area contributed by atoms with E-state index in [9.17, 15) is 4.79 Å². The quantitative estimate of drug-likeness (QED) is 0.571.